The molecular weight excluding hydrogens is 208 g/mol. The minimum atomic E-state index is 0.431. The average molecular weight is 238 g/mol. The lowest BCUT2D eigenvalue weighted by atomic mass is 9.80. The quantitative estimate of drug-likeness (QED) is 0.819. The van der Waals surface area contributed by atoms with Gasteiger partial charge in [0.05, 0.1) is 0 Å². The second kappa shape index (κ2) is 5.71. The van der Waals surface area contributed by atoms with Gasteiger partial charge in [-0.05, 0) is 37.0 Å². The van der Waals surface area contributed by atoms with Crippen LogP contribution in [0.1, 0.15) is 52.9 Å². The summed E-state index contributed by atoms with van der Waals surface area (Å²) in [7, 11) is 0. The number of hydrogen-bond donors (Lipinski definition) is 1. The predicted octanol–water partition coefficient (Wildman–Crippen LogP) is 2.87. The Morgan fingerprint density at radius 1 is 1.12 bits per heavy atom. The van der Waals surface area contributed by atoms with Crippen LogP contribution in [-0.4, -0.2) is 30.1 Å². The summed E-state index contributed by atoms with van der Waals surface area (Å²) in [5, 5.41) is 0. The second-order valence-electron chi connectivity index (χ2n) is 6.61. The van der Waals surface area contributed by atoms with Crippen LogP contribution in [0.2, 0.25) is 0 Å². The molecule has 0 aromatic carbocycles. The summed E-state index contributed by atoms with van der Waals surface area (Å²) in [5.41, 5.74) is 6.37. The van der Waals surface area contributed by atoms with Gasteiger partial charge >= 0.3 is 0 Å². The minimum absolute atomic E-state index is 0.431. The highest BCUT2D eigenvalue weighted by Crippen LogP contribution is 2.34. The maximum absolute atomic E-state index is 6.37. The van der Waals surface area contributed by atoms with E-state index >= 15 is 0 Å². The van der Waals surface area contributed by atoms with Gasteiger partial charge in [0.25, 0.3) is 0 Å². The standard InChI is InChI=1S/C15H30N2/c1-4-5-13-6-7-14(16)15(8-13)17-9-11(2)12(3)10-17/h11-15H,4-10,16H2,1-3H3. The summed E-state index contributed by atoms with van der Waals surface area (Å²) in [6, 6.07) is 1.10. The van der Waals surface area contributed by atoms with E-state index in [0.29, 0.717) is 12.1 Å². The summed E-state index contributed by atoms with van der Waals surface area (Å²) in [5.74, 6) is 2.65. The maximum atomic E-state index is 6.37. The zero-order chi connectivity index (χ0) is 12.4. The number of rotatable bonds is 3. The minimum Gasteiger partial charge on any atom is -0.326 e. The molecule has 2 N–H and O–H groups in total. The first-order valence-corrected chi connectivity index (χ1v) is 7.61. The molecule has 0 bridgehead atoms. The Morgan fingerprint density at radius 2 is 1.76 bits per heavy atom. The number of nitrogens with zero attached hydrogens (tertiary/aromatic N) is 1. The van der Waals surface area contributed by atoms with E-state index in [1.807, 2.05) is 0 Å². The molecule has 1 saturated carbocycles. The molecule has 1 aliphatic carbocycles. The molecule has 100 valence electrons. The second-order valence-corrected chi connectivity index (χ2v) is 6.61. The van der Waals surface area contributed by atoms with Gasteiger partial charge in [-0.1, -0.05) is 33.6 Å². The molecule has 2 aliphatic rings. The van der Waals surface area contributed by atoms with Crippen LogP contribution < -0.4 is 5.73 Å². The van der Waals surface area contributed by atoms with Gasteiger partial charge in [0.2, 0.25) is 0 Å². The molecule has 0 radical (unpaired) electrons. The molecule has 2 heteroatoms. The van der Waals surface area contributed by atoms with Crippen LogP contribution in [0.4, 0.5) is 0 Å². The number of likely N-dealkylation sites (tertiary alicyclic amines) is 1. The third kappa shape index (κ3) is 3.03. The first-order valence-electron chi connectivity index (χ1n) is 7.61. The van der Waals surface area contributed by atoms with Gasteiger partial charge in [-0.2, -0.15) is 0 Å². The Balaban J connectivity index is 1.93. The zero-order valence-electron chi connectivity index (χ0n) is 11.9. The monoisotopic (exact) mass is 238 g/mol. The zero-order valence-corrected chi connectivity index (χ0v) is 11.9. The van der Waals surface area contributed by atoms with E-state index in [9.17, 15) is 0 Å². The molecule has 2 fully saturated rings. The van der Waals surface area contributed by atoms with Crippen molar-refractivity contribution in [3.63, 3.8) is 0 Å². The highest BCUT2D eigenvalue weighted by atomic mass is 15.2. The van der Waals surface area contributed by atoms with Gasteiger partial charge in [-0.25, -0.2) is 0 Å². The molecule has 17 heavy (non-hydrogen) atoms. The van der Waals surface area contributed by atoms with Crippen LogP contribution in [0.15, 0.2) is 0 Å². The van der Waals surface area contributed by atoms with Crippen LogP contribution in [0.25, 0.3) is 0 Å². The third-order valence-corrected chi connectivity index (χ3v) is 5.16. The highest BCUT2D eigenvalue weighted by molar-refractivity contribution is 4.93. The smallest absolute Gasteiger partial charge is 0.0250 e. The summed E-state index contributed by atoms with van der Waals surface area (Å²) < 4.78 is 0. The summed E-state index contributed by atoms with van der Waals surface area (Å²) in [6.45, 7) is 9.64. The topological polar surface area (TPSA) is 29.3 Å². The molecule has 0 spiro atoms. The molecule has 5 atom stereocenters. The first kappa shape index (κ1) is 13.4. The van der Waals surface area contributed by atoms with Crippen LogP contribution >= 0.6 is 0 Å². The van der Waals surface area contributed by atoms with Crippen LogP contribution in [-0.2, 0) is 0 Å². The summed E-state index contributed by atoms with van der Waals surface area (Å²) in [4.78, 5) is 2.70. The molecule has 5 unspecified atom stereocenters. The van der Waals surface area contributed by atoms with Gasteiger partial charge in [-0.15, -0.1) is 0 Å². The molecule has 0 aromatic rings. The molecule has 1 saturated heterocycles. The van der Waals surface area contributed by atoms with E-state index in [-0.39, 0.29) is 0 Å². The maximum Gasteiger partial charge on any atom is 0.0250 e. The van der Waals surface area contributed by atoms with E-state index in [4.69, 9.17) is 5.73 Å². The Kier molecular flexibility index (Phi) is 4.48. The van der Waals surface area contributed by atoms with Crippen molar-refractivity contribution >= 4 is 0 Å². The third-order valence-electron chi connectivity index (χ3n) is 5.16. The Hall–Kier alpha value is -0.0800. The fourth-order valence-electron chi connectivity index (χ4n) is 3.79. The van der Waals surface area contributed by atoms with Gasteiger partial charge in [0.15, 0.2) is 0 Å². The van der Waals surface area contributed by atoms with Gasteiger partial charge < -0.3 is 5.73 Å². The molecular formula is C15H30N2. The van der Waals surface area contributed by atoms with Crippen molar-refractivity contribution in [3.05, 3.63) is 0 Å². The first-order chi connectivity index (χ1) is 8.11. The molecule has 0 aromatic heterocycles. The van der Waals surface area contributed by atoms with Crippen molar-refractivity contribution in [1.29, 1.82) is 0 Å². The lowest BCUT2D eigenvalue weighted by Gasteiger charge is -2.39. The average Bonchev–Trinajstić information content (AvgIpc) is 2.62. The van der Waals surface area contributed by atoms with Crippen molar-refractivity contribution in [3.8, 4) is 0 Å². The predicted molar refractivity (Wildman–Crippen MR) is 73.9 cm³/mol. The summed E-state index contributed by atoms with van der Waals surface area (Å²) >= 11 is 0. The van der Waals surface area contributed by atoms with Crippen LogP contribution in [0.5, 0.6) is 0 Å². The fourth-order valence-corrected chi connectivity index (χ4v) is 3.79. The molecule has 2 rings (SSSR count). The number of nitrogens with two attached hydrogens (primary N) is 1. The largest absolute Gasteiger partial charge is 0.326 e. The lowest BCUT2D eigenvalue weighted by Crippen LogP contribution is -2.50. The van der Waals surface area contributed by atoms with Crippen molar-refractivity contribution in [2.24, 2.45) is 23.5 Å². The van der Waals surface area contributed by atoms with Gasteiger partial charge in [0.1, 0.15) is 0 Å². The SMILES string of the molecule is CCCC1CCC(N)C(N2CC(C)C(C)C2)C1. The number of hydrogen-bond acceptors (Lipinski definition) is 2. The van der Waals surface area contributed by atoms with E-state index in [1.54, 1.807) is 0 Å². The van der Waals surface area contributed by atoms with Crippen molar-refractivity contribution < 1.29 is 0 Å². The Labute approximate surface area is 107 Å². The normalized spacial score (nSPS) is 44.1. The van der Waals surface area contributed by atoms with E-state index in [1.165, 1.54) is 45.2 Å². The lowest BCUT2D eigenvalue weighted by molar-refractivity contribution is 0.126. The Morgan fingerprint density at radius 3 is 2.35 bits per heavy atom. The van der Waals surface area contributed by atoms with Crippen molar-refractivity contribution in [1.82, 2.24) is 4.90 Å². The van der Waals surface area contributed by atoms with Crippen molar-refractivity contribution in [2.75, 3.05) is 13.1 Å². The molecule has 0 amide bonds. The molecule has 2 nitrogen and oxygen atoms in total. The van der Waals surface area contributed by atoms with Crippen LogP contribution in [0, 0.1) is 17.8 Å². The summed E-state index contributed by atoms with van der Waals surface area (Å²) in [6.07, 6.45) is 6.70. The highest BCUT2D eigenvalue weighted by Gasteiger charge is 2.37. The van der Waals surface area contributed by atoms with Crippen LogP contribution in [0.3, 0.4) is 0 Å². The van der Waals surface area contributed by atoms with E-state index < -0.39 is 0 Å². The van der Waals surface area contributed by atoms with Crippen molar-refractivity contribution in [2.45, 2.75) is 65.0 Å². The molecule has 1 aliphatic heterocycles. The van der Waals surface area contributed by atoms with Gasteiger partial charge in [0, 0.05) is 25.2 Å². The van der Waals surface area contributed by atoms with E-state index in [0.717, 1.165) is 17.8 Å². The Bertz CT molecular complexity index is 231. The molecule has 1 heterocycles. The van der Waals surface area contributed by atoms with Gasteiger partial charge in [-0.3, -0.25) is 4.90 Å². The van der Waals surface area contributed by atoms with E-state index in [2.05, 4.69) is 25.7 Å². The fraction of sp³-hybridized carbons (Fsp3) is 1.00.